The fraction of sp³-hybridized carbons (Fsp3) is 0.500. The molecule has 1 heterocycles. The van der Waals surface area contributed by atoms with Gasteiger partial charge in [0.15, 0.2) is 6.20 Å². The van der Waals surface area contributed by atoms with Gasteiger partial charge >= 0.3 is 33.0 Å². The molecule has 3 nitrogen and oxygen atoms in total. The summed E-state index contributed by atoms with van der Waals surface area (Å²) < 4.78 is 71.9. The van der Waals surface area contributed by atoms with Crippen LogP contribution in [-0.2, 0) is 4.79 Å². The molecule has 0 aliphatic rings. The van der Waals surface area contributed by atoms with Crippen molar-refractivity contribution in [2.75, 3.05) is 0 Å². The molecule has 24 heavy (non-hydrogen) atoms. The number of aromatic nitrogens is 1. The van der Waals surface area contributed by atoms with E-state index >= 15 is 0 Å². The monoisotopic (exact) mass is 404 g/mol. The zero-order chi connectivity index (χ0) is 19.4. The molecule has 12 heteroatoms. The fourth-order valence-corrected chi connectivity index (χ4v) is 1.72. The number of carbonyl (C=O) groups excluding carboxylic acids is 1. The average molecular weight is 405 g/mol. The Labute approximate surface area is 138 Å². The zero-order valence-electron chi connectivity index (χ0n) is 12.8. The number of carbonyl (C=O) groups is 1. The van der Waals surface area contributed by atoms with Gasteiger partial charge in [-0.05, 0) is 18.9 Å². The number of amides is 1. The second-order valence-corrected chi connectivity index (χ2v) is 7.56. The summed E-state index contributed by atoms with van der Waals surface area (Å²) in [7, 11) is -10.7. The van der Waals surface area contributed by atoms with Crippen molar-refractivity contribution in [1.82, 2.24) is 5.32 Å². The SMILES string of the molecule is Cc1ccc[nH+]c1C(NC(=O)C(F)Cl)C(C)C.F[P-](F)(F)(F)(F)F. The van der Waals surface area contributed by atoms with Crippen molar-refractivity contribution in [2.24, 2.45) is 5.92 Å². The normalized spacial score (nSPS) is 17.0. The van der Waals surface area contributed by atoms with Gasteiger partial charge in [-0.3, -0.25) is 4.79 Å². The Hall–Kier alpha value is -1.15. The third-order valence-electron chi connectivity index (χ3n) is 2.58. The van der Waals surface area contributed by atoms with E-state index in [0.717, 1.165) is 11.3 Å². The van der Waals surface area contributed by atoms with Crippen LogP contribution in [0.5, 0.6) is 0 Å². The van der Waals surface area contributed by atoms with E-state index < -0.39 is 19.3 Å². The van der Waals surface area contributed by atoms with E-state index in [9.17, 15) is 34.4 Å². The quantitative estimate of drug-likeness (QED) is 0.400. The van der Waals surface area contributed by atoms with Crippen molar-refractivity contribution >= 4 is 25.3 Å². The summed E-state index contributed by atoms with van der Waals surface area (Å²) in [4.78, 5) is 14.4. The number of aromatic amines is 1. The molecular formula is C12H17ClF7N2OP. The summed E-state index contributed by atoms with van der Waals surface area (Å²) in [5, 5.41) is 2.60. The van der Waals surface area contributed by atoms with Crippen LogP contribution in [-0.4, -0.2) is 11.5 Å². The minimum atomic E-state index is -10.7. The van der Waals surface area contributed by atoms with Crippen LogP contribution in [0.25, 0.3) is 0 Å². The number of aryl methyl sites for hydroxylation is 1. The summed E-state index contributed by atoms with van der Waals surface area (Å²) in [5.41, 5.74) is -0.134. The summed E-state index contributed by atoms with van der Waals surface area (Å²) >= 11 is 5.12. The van der Waals surface area contributed by atoms with Crippen molar-refractivity contribution in [1.29, 1.82) is 0 Å². The molecule has 142 valence electrons. The van der Waals surface area contributed by atoms with Gasteiger partial charge in [0, 0.05) is 11.6 Å². The van der Waals surface area contributed by atoms with Gasteiger partial charge in [-0.25, -0.2) is 9.37 Å². The standard InChI is InChI=1S/C12H16ClFN2O.F6P/c1-7(2)9(16-12(17)11(13)14)10-8(3)5-4-6-15-10;1-7(2,3,4,5)6/h4-7,9,11H,1-3H3,(H,16,17);/q;-1/p+1. The van der Waals surface area contributed by atoms with Crippen LogP contribution in [0.2, 0.25) is 0 Å². The Morgan fingerprint density at radius 3 is 2.00 bits per heavy atom. The molecule has 0 bridgehead atoms. The predicted molar refractivity (Wildman–Crippen MR) is 77.8 cm³/mol. The Balaban J connectivity index is 0.000000640. The number of nitrogens with one attached hydrogen (secondary N) is 2. The first-order chi connectivity index (χ1) is 10.4. The predicted octanol–water partition coefficient (Wildman–Crippen LogP) is 5.54. The topological polar surface area (TPSA) is 43.2 Å². The van der Waals surface area contributed by atoms with Gasteiger partial charge in [-0.15, -0.1) is 0 Å². The van der Waals surface area contributed by atoms with Gasteiger partial charge in [0.1, 0.15) is 6.04 Å². The molecule has 2 unspecified atom stereocenters. The second kappa shape index (κ2) is 7.00. The number of pyridine rings is 1. The molecule has 1 amide bonds. The van der Waals surface area contributed by atoms with E-state index in [4.69, 9.17) is 11.6 Å². The van der Waals surface area contributed by atoms with Crippen LogP contribution in [0.1, 0.15) is 31.1 Å². The molecule has 1 rings (SSSR count). The number of H-pyrrole nitrogens is 1. The maximum atomic E-state index is 12.7. The molecule has 0 radical (unpaired) electrons. The summed E-state index contributed by atoms with van der Waals surface area (Å²) in [6.45, 7) is 5.83. The van der Waals surface area contributed by atoms with E-state index in [-0.39, 0.29) is 12.0 Å². The van der Waals surface area contributed by atoms with E-state index in [1.165, 1.54) is 0 Å². The Bertz CT molecular complexity index is 566. The molecule has 2 N–H and O–H groups in total. The number of halogens is 8. The third-order valence-corrected chi connectivity index (χ3v) is 2.78. The first-order valence-electron chi connectivity index (χ1n) is 6.50. The summed E-state index contributed by atoms with van der Waals surface area (Å²) in [6.07, 6.45) is 1.78. The van der Waals surface area contributed by atoms with Crippen molar-refractivity contribution < 1.29 is 39.4 Å². The van der Waals surface area contributed by atoms with E-state index in [2.05, 4.69) is 10.3 Å². The zero-order valence-corrected chi connectivity index (χ0v) is 14.5. The van der Waals surface area contributed by atoms with Gasteiger partial charge < -0.3 is 5.32 Å². The molecular weight excluding hydrogens is 388 g/mol. The molecule has 0 aliphatic carbocycles. The van der Waals surface area contributed by atoms with E-state index in [1.807, 2.05) is 32.9 Å². The van der Waals surface area contributed by atoms with Gasteiger partial charge in [-0.1, -0.05) is 25.4 Å². The van der Waals surface area contributed by atoms with Crippen LogP contribution >= 0.6 is 19.4 Å². The first kappa shape index (κ1) is 22.9. The Morgan fingerprint density at radius 1 is 1.21 bits per heavy atom. The fourth-order valence-electron chi connectivity index (χ4n) is 1.66. The second-order valence-electron chi connectivity index (χ2n) is 5.26. The molecule has 0 fully saturated rings. The van der Waals surface area contributed by atoms with Crippen molar-refractivity contribution in [3.8, 4) is 0 Å². The molecule has 1 aromatic heterocycles. The number of alkyl halides is 2. The number of hydrogen-bond acceptors (Lipinski definition) is 1. The van der Waals surface area contributed by atoms with E-state index in [1.54, 1.807) is 6.20 Å². The molecule has 2 atom stereocenters. The van der Waals surface area contributed by atoms with Crippen molar-refractivity contribution in [3.05, 3.63) is 29.6 Å². The van der Waals surface area contributed by atoms with Crippen LogP contribution < -0.4 is 10.3 Å². The van der Waals surface area contributed by atoms with Crippen LogP contribution in [0.4, 0.5) is 29.6 Å². The van der Waals surface area contributed by atoms with Crippen LogP contribution in [0.3, 0.4) is 0 Å². The first-order valence-corrected chi connectivity index (χ1v) is 8.97. The molecule has 0 spiro atoms. The summed E-state index contributed by atoms with van der Waals surface area (Å²) in [5.74, 6) is -0.672. The van der Waals surface area contributed by atoms with E-state index in [0.29, 0.717) is 0 Å². The molecule has 1 aromatic rings. The molecule has 0 saturated carbocycles. The van der Waals surface area contributed by atoms with Gasteiger partial charge in [0.25, 0.3) is 11.5 Å². The maximum absolute atomic E-state index is 12.7. The average Bonchev–Trinajstić information content (AvgIpc) is 2.32. The molecule has 0 aromatic carbocycles. The van der Waals surface area contributed by atoms with Crippen LogP contribution in [0, 0.1) is 12.8 Å². The van der Waals surface area contributed by atoms with Gasteiger partial charge in [0.05, 0.1) is 0 Å². The van der Waals surface area contributed by atoms with Gasteiger partial charge in [-0.2, -0.15) is 0 Å². The third kappa shape index (κ3) is 12.3. The van der Waals surface area contributed by atoms with Crippen molar-refractivity contribution in [3.63, 3.8) is 0 Å². The van der Waals surface area contributed by atoms with Crippen LogP contribution in [0.15, 0.2) is 18.3 Å². The molecule has 0 aliphatic heterocycles. The Morgan fingerprint density at radius 2 is 1.67 bits per heavy atom. The minimum absolute atomic E-state index is 0.131. The van der Waals surface area contributed by atoms with Gasteiger partial charge in [0.2, 0.25) is 5.69 Å². The molecule has 0 saturated heterocycles. The number of rotatable bonds is 4. The Kier molecular flexibility index (Phi) is 6.66. The van der Waals surface area contributed by atoms with Crippen molar-refractivity contribution in [2.45, 2.75) is 32.4 Å². The summed E-state index contributed by atoms with van der Waals surface area (Å²) in [6, 6.07) is 3.53. The number of hydrogen-bond donors (Lipinski definition) is 1.